The van der Waals surface area contributed by atoms with Crippen molar-refractivity contribution >= 4 is 23.6 Å². The number of ether oxygens (including phenoxy) is 2. The van der Waals surface area contributed by atoms with Crippen molar-refractivity contribution in [3.8, 4) is 5.75 Å². The predicted octanol–water partition coefficient (Wildman–Crippen LogP) is 0.842. The minimum atomic E-state index is -0.722. The molecular weight excluding hydrogens is 340 g/mol. The number of nitrogens with one attached hydrogen (secondary N) is 2. The van der Waals surface area contributed by atoms with Gasteiger partial charge in [-0.3, -0.25) is 14.4 Å². The first-order valence-corrected chi connectivity index (χ1v) is 8.29. The molecule has 1 aromatic rings. The van der Waals surface area contributed by atoms with Crippen LogP contribution in [0.4, 0.5) is 0 Å². The van der Waals surface area contributed by atoms with E-state index in [2.05, 4.69) is 10.6 Å². The van der Waals surface area contributed by atoms with E-state index in [0.29, 0.717) is 17.7 Å². The third kappa shape index (κ3) is 8.27. The maximum atomic E-state index is 11.6. The Balaban J connectivity index is 2.26. The molecule has 0 saturated heterocycles. The fraction of sp³-hybridized carbons (Fsp3) is 0.444. The summed E-state index contributed by atoms with van der Waals surface area (Å²) in [7, 11) is 0. The van der Waals surface area contributed by atoms with Crippen LogP contribution in [0.3, 0.4) is 0 Å². The fourth-order valence-corrected chi connectivity index (χ4v) is 1.87. The molecule has 0 aliphatic rings. The first kappa shape index (κ1) is 21.1. The molecule has 26 heavy (non-hydrogen) atoms. The number of benzene rings is 1. The van der Waals surface area contributed by atoms with Gasteiger partial charge in [0.15, 0.2) is 19.0 Å². The van der Waals surface area contributed by atoms with Gasteiger partial charge in [0.2, 0.25) is 5.91 Å². The molecular formula is C18H24N2O6. The van der Waals surface area contributed by atoms with Gasteiger partial charge in [0.05, 0.1) is 6.54 Å². The number of Topliss-reactive ketones (excluding diaryl/α,β-unsaturated/α-hetero) is 1. The van der Waals surface area contributed by atoms with E-state index in [4.69, 9.17) is 9.47 Å². The highest BCUT2D eigenvalue weighted by molar-refractivity contribution is 5.95. The first-order chi connectivity index (χ1) is 12.3. The Hall–Kier alpha value is -2.90. The van der Waals surface area contributed by atoms with Crippen LogP contribution in [-0.4, -0.2) is 49.4 Å². The van der Waals surface area contributed by atoms with Crippen molar-refractivity contribution in [3.05, 3.63) is 29.8 Å². The molecule has 0 unspecified atom stereocenters. The summed E-state index contributed by atoms with van der Waals surface area (Å²) in [5.74, 6) is -1.21. The van der Waals surface area contributed by atoms with Gasteiger partial charge < -0.3 is 20.1 Å². The SMILES string of the molecule is CCC(=O)c1ccc(OCC(=O)OCC(=O)NCC(=O)NC(C)C)cc1. The second kappa shape index (κ2) is 10.9. The molecule has 0 spiro atoms. The second-order valence-electron chi connectivity index (χ2n) is 5.75. The molecule has 0 bridgehead atoms. The number of rotatable bonds is 10. The third-order valence-electron chi connectivity index (χ3n) is 3.11. The third-order valence-corrected chi connectivity index (χ3v) is 3.11. The highest BCUT2D eigenvalue weighted by Gasteiger charge is 2.11. The van der Waals surface area contributed by atoms with Crippen molar-refractivity contribution < 1.29 is 28.7 Å². The quantitative estimate of drug-likeness (QED) is 0.470. The van der Waals surface area contributed by atoms with Crippen LogP contribution in [0, 0.1) is 0 Å². The minimum absolute atomic E-state index is 0.0176. The smallest absolute Gasteiger partial charge is 0.344 e. The maximum absolute atomic E-state index is 11.6. The van der Waals surface area contributed by atoms with E-state index < -0.39 is 18.5 Å². The van der Waals surface area contributed by atoms with Crippen molar-refractivity contribution in [2.24, 2.45) is 0 Å². The van der Waals surface area contributed by atoms with Gasteiger partial charge in [-0.15, -0.1) is 0 Å². The Labute approximate surface area is 152 Å². The zero-order valence-electron chi connectivity index (χ0n) is 15.2. The number of hydrogen-bond acceptors (Lipinski definition) is 6. The van der Waals surface area contributed by atoms with Crippen LogP contribution in [-0.2, 0) is 19.1 Å². The number of esters is 1. The monoisotopic (exact) mass is 364 g/mol. The standard InChI is InChI=1S/C18H24N2O6/c1-4-15(21)13-5-7-14(8-6-13)25-11-18(24)26-10-17(23)19-9-16(22)20-12(2)3/h5-8,12H,4,9-11H2,1-3H3,(H,19,23)(H,20,22). The average molecular weight is 364 g/mol. The van der Waals surface area contributed by atoms with Crippen LogP contribution in [0.15, 0.2) is 24.3 Å². The van der Waals surface area contributed by atoms with Crippen LogP contribution in [0.25, 0.3) is 0 Å². The Kier molecular flexibility index (Phi) is 8.83. The first-order valence-electron chi connectivity index (χ1n) is 8.29. The molecule has 0 aliphatic carbocycles. The van der Waals surface area contributed by atoms with E-state index in [1.807, 2.05) is 0 Å². The summed E-state index contributed by atoms with van der Waals surface area (Å²) >= 11 is 0. The van der Waals surface area contributed by atoms with Gasteiger partial charge >= 0.3 is 5.97 Å². The van der Waals surface area contributed by atoms with Gasteiger partial charge in [-0.05, 0) is 38.1 Å². The summed E-state index contributed by atoms with van der Waals surface area (Å²) in [6, 6.07) is 6.36. The van der Waals surface area contributed by atoms with Crippen LogP contribution < -0.4 is 15.4 Å². The Morgan fingerprint density at radius 3 is 2.23 bits per heavy atom. The zero-order valence-corrected chi connectivity index (χ0v) is 15.2. The topological polar surface area (TPSA) is 111 Å². The highest BCUT2D eigenvalue weighted by atomic mass is 16.6. The molecule has 0 saturated carbocycles. The van der Waals surface area contributed by atoms with Gasteiger partial charge in [-0.25, -0.2) is 4.79 Å². The molecule has 0 fully saturated rings. The summed E-state index contributed by atoms with van der Waals surface area (Å²) < 4.78 is 9.99. The fourth-order valence-electron chi connectivity index (χ4n) is 1.87. The Morgan fingerprint density at radius 2 is 1.65 bits per heavy atom. The molecule has 0 atom stereocenters. The van der Waals surface area contributed by atoms with Crippen LogP contribution in [0.2, 0.25) is 0 Å². The van der Waals surface area contributed by atoms with Crippen molar-refractivity contribution in [3.63, 3.8) is 0 Å². The molecule has 1 aromatic carbocycles. The summed E-state index contributed by atoms with van der Waals surface area (Å²) in [5.41, 5.74) is 0.570. The molecule has 0 heterocycles. The zero-order chi connectivity index (χ0) is 19.5. The summed E-state index contributed by atoms with van der Waals surface area (Å²) in [6.45, 7) is 4.32. The van der Waals surface area contributed by atoms with Crippen molar-refractivity contribution in [2.45, 2.75) is 33.2 Å². The summed E-state index contributed by atoms with van der Waals surface area (Å²) in [4.78, 5) is 45.9. The molecule has 8 heteroatoms. The van der Waals surface area contributed by atoms with Gasteiger partial charge in [0.25, 0.3) is 5.91 Å². The van der Waals surface area contributed by atoms with Crippen LogP contribution in [0.1, 0.15) is 37.6 Å². The number of carbonyl (C=O) groups excluding carboxylic acids is 4. The minimum Gasteiger partial charge on any atom is -0.482 e. The van der Waals surface area contributed by atoms with E-state index in [1.54, 1.807) is 45.0 Å². The van der Waals surface area contributed by atoms with Crippen molar-refractivity contribution in [1.29, 1.82) is 0 Å². The molecule has 2 N–H and O–H groups in total. The lowest BCUT2D eigenvalue weighted by Crippen LogP contribution is -2.41. The molecule has 8 nitrogen and oxygen atoms in total. The molecule has 0 radical (unpaired) electrons. The average Bonchev–Trinajstić information content (AvgIpc) is 2.62. The lowest BCUT2D eigenvalue weighted by Gasteiger charge is -2.10. The molecule has 1 rings (SSSR count). The molecule has 0 aliphatic heterocycles. The second-order valence-corrected chi connectivity index (χ2v) is 5.75. The summed E-state index contributed by atoms with van der Waals surface area (Å²) in [6.07, 6.45) is 0.410. The Morgan fingerprint density at radius 1 is 1.00 bits per heavy atom. The normalized spacial score (nSPS) is 10.2. The number of carbonyl (C=O) groups is 4. The lowest BCUT2D eigenvalue weighted by molar-refractivity contribution is -0.150. The molecule has 2 amide bonds. The van der Waals surface area contributed by atoms with Gasteiger partial charge in [0, 0.05) is 18.0 Å². The van der Waals surface area contributed by atoms with Gasteiger partial charge in [0.1, 0.15) is 5.75 Å². The van der Waals surface area contributed by atoms with Gasteiger partial charge in [-0.2, -0.15) is 0 Å². The van der Waals surface area contributed by atoms with E-state index in [-0.39, 0.29) is 30.9 Å². The van der Waals surface area contributed by atoms with E-state index >= 15 is 0 Å². The molecule has 142 valence electrons. The lowest BCUT2D eigenvalue weighted by atomic mass is 10.1. The van der Waals surface area contributed by atoms with Crippen molar-refractivity contribution in [1.82, 2.24) is 10.6 Å². The predicted molar refractivity (Wildman–Crippen MR) is 93.8 cm³/mol. The summed E-state index contributed by atoms with van der Waals surface area (Å²) in [5, 5.41) is 4.95. The van der Waals surface area contributed by atoms with E-state index in [9.17, 15) is 19.2 Å². The largest absolute Gasteiger partial charge is 0.482 e. The molecule has 0 aromatic heterocycles. The van der Waals surface area contributed by atoms with Crippen LogP contribution in [0.5, 0.6) is 5.75 Å². The number of ketones is 1. The highest BCUT2D eigenvalue weighted by Crippen LogP contribution is 2.13. The number of amides is 2. The number of hydrogen-bond donors (Lipinski definition) is 2. The van der Waals surface area contributed by atoms with E-state index in [1.165, 1.54) is 0 Å². The van der Waals surface area contributed by atoms with Crippen molar-refractivity contribution in [2.75, 3.05) is 19.8 Å². The van der Waals surface area contributed by atoms with Gasteiger partial charge in [-0.1, -0.05) is 6.92 Å². The van der Waals surface area contributed by atoms with Crippen LogP contribution >= 0.6 is 0 Å². The maximum Gasteiger partial charge on any atom is 0.344 e. The Bertz CT molecular complexity index is 640. The van der Waals surface area contributed by atoms with E-state index in [0.717, 1.165) is 0 Å².